The van der Waals surface area contributed by atoms with Crippen LogP contribution in [0.5, 0.6) is 0 Å². The van der Waals surface area contributed by atoms with Gasteiger partial charge >= 0.3 is 17.9 Å². The van der Waals surface area contributed by atoms with Crippen molar-refractivity contribution in [3.63, 3.8) is 0 Å². The van der Waals surface area contributed by atoms with Crippen LogP contribution in [0, 0.1) is 0 Å². The third-order valence-electron chi connectivity index (χ3n) is 4.59. The molecular weight excluding hydrogens is 386 g/mol. The van der Waals surface area contributed by atoms with Gasteiger partial charge in [-0.15, -0.1) is 0 Å². The summed E-state index contributed by atoms with van der Waals surface area (Å²) in [5.41, 5.74) is 1.48. The van der Waals surface area contributed by atoms with Crippen molar-refractivity contribution in [3.05, 3.63) is 57.4 Å². The molecule has 150 valence electrons. The predicted octanol–water partition coefficient (Wildman–Crippen LogP) is 3.41. The van der Waals surface area contributed by atoms with Crippen molar-refractivity contribution in [2.24, 2.45) is 0 Å². The van der Waals surface area contributed by atoms with E-state index in [1.54, 1.807) is 43.0 Å². The molecule has 1 aromatic carbocycles. The largest absolute Gasteiger partial charge is 0.479 e. The molecule has 1 unspecified atom stereocenters. The van der Waals surface area contributed by atoms with E-state index in [2.05, 4.69) is 0 Å². The van der Waals surface area contributed by atoms with Crippen molar-refractivity contribution in [2.75, 3.05) is 6.61 Å². The maximum absolute atomic E-state index is 12.8. The van der Waals surface area contributed by atoms with Crippen LogP contribution in [0.4, 0.5) is 0 Å². The van der Waals surface area contributed by atoms with Gasteiger partial charge in [-0.05, 0) is 39.3 Å². The van der Waals surface area contributed by atoms with Gasteiger partial charge in [0.05, 0.1) is 17.1 Å². The molecule has 0 saturated heterocycles. The molecule has 1 aliphatic heterocycles. The first-order chi connectivity index (χ1) is 13.1. The van der Waals surface area contributed by atoms with E-state index in [-0.39, 0.29) is 17.2 Å². The number of halogens is 1. The van der Waals surface area contributed by atoms with E-state index in [0.29, 0.717) is 22.0 Å². The Kier molecular flexibility index (Phi) is 6.51. The molecule has 0 radical (unpaired) electrons. The number of esters is 1. The normalized spacial score (nSPS) is 17.2. The number of carboxylic acid groups (broad SMARTS) is 2. The average Bonchev–Trinajstić information content (AvgIpc) is 2.59. The Balaban J connectivity index is 2.76. The number of carbonyl (C=O) groups is 3. The van der Waals surface area contributed by atoms with Gasteiger partial charge in [0.25, 0.3) is 0 Å². The van der Waals surface area contributed by atoms with Gasteiger partial charge in [0, 0.05) is 22.5 Å². The molecule has 8 heteroatoms. The minimum absolute atomic E-state index is 0.00493. The van der Waals surface area contributed by atoms with Crippen LogP contribution in [0.1, 0.15) is 39.2 Å². The highest BCUT2D eigenvalue weighted by Gasteiger charge is 2.41. The predicted molar refractivity (Wildman–Crippen MR) is 103 cm³/mol. The fraction of sp³-hybridized carbons (Fsp3) is 0.350. The third-order valence-corrected chi connectivity index (χ3v) is 4.93. The summed E-state index contributed by atoms with van der Waals surface area (Å²) in [6.45, 7) is 6.27. The topological polar surface area (TPSA) is 104 Å². The molecule has 1 aromatic rings. The van der Waals surface area contributed by atoms with E-state index in [1.165, 1.54) is 0 Å². The highest BCUT2D eigenvalue weighted by molar-refractivity contribution is 6.31. The van der Waals surface area contributed by atoms with Crippen molar-refractivity contribution in [1.29, 1.82) is 0 Å². The van der Waals surface area contributed by atoms with Crippen LogP contribution in [0.25, 0.3) is 0 Å². The molecule has 0 saturated carbocycles. The van der Waals surface area contributed by atoms with E-state index < -0.39 is 30.4 Å². The smallest absolute Gasteiger partial charge is 0.341 e. The third kappa shape index (κ3) is 4.04. The summed E-state index contributed by atoms with van der Waals surface area (Å²) in [6.07, 6.45) is 0. The lowest BCUT2D eigenvalue weighted by Gasteiger charge is -2.40. The molecule has 0 bridgehead atoms. The van der Waals surface area contributed by atoms with Gasteiger partial charge < -0.3 is 19.8 Å². The van der Waals surface area contributed by atoms with Gasteiger partial charge in [0.1, 0.15) is 0 Å². The molecule has 2 N–H and O–H groups in total. The highest BCUT2D eigenvalue weighted by atomic mass is 35.5. The van der Waals surface area contributed by atoms with Crippen molar-refractivity contribution in [3.8, 4) is 0 Å². The van der Waals surface area contributed by atoms with Gasteiger partial charge in [0.15, 0.2) is 6.61 Å². The number of carbonyl (C=O) groups excluding carboxylic acids is 1. The minimum Gasteiger partial charge on any atom is -0.479 e. The Morgan fingerprint density at radius 2 is 1.68 bits per heavy atom. The molecule has 1 heterocycles. The summed E-state index contributed by atoms with van der Waals surface area (Å²) in [5, 5.41) is 19.1. The zero-order valence-corrected chi connectivity index (χ0v) is 16.8. The maximum Gasteiger partial charge on any atom is 0.341 e. The summed E-state index contributed by atoms with van der Waals surface area (Å²) in [7, 11) is 0. The second-order valence-electron chi connectivity index (χ2n) is 6.69. The van der Waals surface area contributed by atoms with E-state index in [1.807, 2.05) is 13.8 Å². The molecule has 0 amide bonds. The fourth-order valence-corrected chi connectivity index (χ4v) is 3.86. The van der Waals surface area contributed by atoms with Crippen molar-refractivity contribution < 1.29 is 29.3 Å². The lowest BCUT2D eigenvalue weighted by atomic mass is 9.79. The molecule has 0 aromatic heterocycles. The van der Waals surface area contributed by atoms with Crippen LogP contribution in [0.2, 0.25) is 5.02 Å². The summed E-state index contributed by atoms with van der Waals surface area (Å²) < 4.78 is 4.91. The number of nitrogens with zero attached hydrogens (tertiary/aromatic N) is 1. The van der Waals surface area contributed by atoms with Crippen molar-refractivity contribution in [1.82, 2.24) is 4.90 Å². The molecule has 2 rings (SSSR count). The van der Waals surface area contributed by atoms with E-state index in [9.17, 15) is 19.5 Å². The molecule has 1 atom stereocenters. The summed E-state index contributed by atoms with van der Waals surface area (Å²) in [4.78, 5) is 37.6. The van der Waals surface area contributed by atoms with Crippen LogP contribution in [0.15, 0.2) is 46.8 Å². The first kappa shape index (κ1) is 21.5. The molecule has 7 nitrogen and oxygen atoms in total. The van der Waals surface area contributed by atoms with Crippen LogP contribution in [-0.4, -0.2) is 45.7 Å². The molecule has 0 spiro atoms. The lowest BCUT2D eigenvalue weighted by Crippen LogP contribution is -2.38. The molecule has 0 fully saturated rings. The van der Waals surface area contributed by atoms with Crippen LogP contribution < -0.4 is 0 Å². The zero-order chi connectivity index (χ0) is 21.2. The number of aliphatic carboxylic acids is 2. The first-order valence-electron chi connectivity index (χ1n) is 8.65. The minimum atomic E-state index is -1.30. The van der Waals surface area contributed by atoms with E-state index in [4.69, 9.17) is 21.4 Å². The van der Waals surface area contributed by atoms with Crippen LogP contribution in [0.3, 0.4) is 0 Å². The van der Waals surface area contributed by atoms with Crippen LogP contribution in [-0.2, 0) is 19.1 Å². The molecule has 1 aliphatic rings. The number of hydrogen-bond acceptors (Lipinski definition) is 5. The Morgan fingerprint density at radius 3 is 2.18 bits per heavy atom. The number of rotatable bonds is 6. The van der Waals surface area contributed by atoms with Gasteiger partial charge in [0.2, 0.25) is 0 Å². The summed E-state index contributed by atoms with van der Waals surface area (Å²) in [6, 6.07) is 6.51. The van der Waals surface area contributed by atoms with Gasteiger partial charge in [-0.2, -0.15) is 0 Å². The average molecular weight is 408 g/mol. The van der Waals surface area contributed by atoms with Gasteiger partial charge in [-0.25, -0.2) is 14.4 Å². The Morgan fingerprint density at radius 1 is 1.11 bits per heavy atom. The molecule has 0 aliphatic carbocycles. The fourth-order valence-electron chi connectivity index (χ4n) is 3.62. The van der Waals surface area contributed by atoms with Crippen molar-refractivity contribution in [2.45, 2.75) is 39.7 Å². The number of allylic oxidation sites excluding steroid dienone is 2. The van der Waals surface area contributed by atoms with Gasteiger partial charge in [-0.3, -0.25) is 0 Å². The quantitative estimate of drug-likeness (QED) is 0.696. The highest BCUT2D eigenvalue weighted by Crippen LogP contribution is 2.44. The Bertz CT molecular complexity index is 886. The first-order valence-corrected chi connectivity index (χ1v) is 9.03. The maximum atomic E-state index is 12.8. The molecule has 28 heavy (non-hydrogen) atoms. The SMILES string of the molecule is CC1=C(C(=O)O)C(c2ccccc2Cl)C(C(=O)OCC(=O)O)=C(C)N1C(C)C. The standard InChI is InChI=1S/C20H22ClNO6/c1-10(2)22-11(3)16(19(25)26)18(13-7-5-6-8-14(13)21)17(12(22)4)20(27)28-9-15(23)24/h5-8,10,18H,9H2,1-4H3,(H,23,24)(H,25,26). The monoisotopic (exact) mass is 407 g/mol. The van der Waals surface area contributed by atoms with Crippen molar-refractivity contribution >= 4 is 29.5 Å². The van der Waals surface area contributed by atoms with Crippen LogP contribution >= 0.6 is 11.6 Å². The number of benzene rings is 1. The number of hydrogen-bond donors (Lipinski definition) is 2. The zero-order valence-electron chi connectivity index (χ0n) is 16.0. The van der Waals surface area contributed by atoms with E-state index >= 15 is 0 Å². The van der Waals surface area contributed by atoms with Gasteiger partial charge in [-0.1, -0.05) is 29.8 Å². The summed E-state index contributed by atoms with van der Waals surface area (Å²) >= 11 is 6.32. The number of carboxylic acids is 2. The lowest BCUT2D eigenvalue weighted by molar-refractivity contribution is -0.152. The Labute approximate surface area is 167 Å². The second kappa shape index (κ2) is 8.48. The summed E-state index contributed by atoms with van der Waals surface area (Å²) in [5.74, 6) is -4.36. The second-order valence-corrected chi connectivity index (χ2v) is 7.10. The molecular formula is C20H22ClNO6. The number of ether oxygens (including phenoxy) is 1. The Hall–Kier alpha value is -2.80. The van der Waals surface area contributed by atoms with E-state index in [0.717, 1.165) is 0 Å².